The summed E-state index contributed by atoms with van der Waals surface area (Å²) in [5, 5.41) is 18.6. The number of nitrogens with one attached hydrogen (secondary N) is 1. The molecule has 0 radical (unpaired) electrons. The highest BCUT2D eigenvalue weighted by Gasteiger charge is 2.39. The zero-order valence-corrected chi connectivity index (χ0v) is 18.5. The van der Waals surface area contributed by atoms with Crippen LogP contribution in [0.25, 0.3) is 0 Å². The number of carbonyl (C=O) groups excluding carboxylic acids is 1. The number of thiophene rings is 1. The molecule has 0 saturated heterocycles. The van der Waals surface area contributed by atoms with Crippen molar-refractivity contribution in [3.63, 3.8) is 0 Å². The van der Waals surface area contributed by atoms with E-state index in [9.17, 15) is 18.7 Å². The number of halogens is 3. The molecule has 0 saturated carbocycles. The maximum atomic E-state index is 14.6. The first kappa shape index (κ1) is 22.5. The molecule has 30 heavy (non-hydrogen) atoms. The van der Waals surface area contributed by atoms with Crippen molar-refractivity contribution in [1.82, 2.24) is 20.1 Å². The van der Waals surface area contributed by atoms with Gasteiger partial charge >= 0.3 is 5.97 Å². The van der Waals surface area contributed by atoms with Crippen LogP contribution < -0.4 is 5.32 Å². The van der Waals surface area contributed by atoms with Crippen molar-refractivity contribution in [3.8, 4) is 0 Å². The van der Waals surface area contributed by atoms with E-state index in [-0.39, 0.29) is 18.7 Å². The number of aromatic nitrogens is 3. The van der Waals surface area contributed by atoms with Gasteiger partial charge < -0.3 is 15.2 Å². The van der Waals surface area contributed by atoms with Crippen molar-refractivity contribution in [3.05, 3.63) is 68.3 Å². The van der Waals surface area contributed by atoms with E-state index in [4.69, 9.17) is 4.74 Å². The quantitative estimate of drug-likeness (QED) is 0.461. The fourth-order valence-corrected chi connectivity index (χ4v) is 4.72. The lowest BCUT2D eigenvalue weighted by molar-refractivity contribution is -0.0205. The third-order valence-corrected chi connectivity index (χ3v) is 6.37. The zero-order chi connectivity index (χ0) is 21.9. The molecule has 160 valence electrons. The van der Waals surface area contributed by atoms with Gasteiger partial charge in [0.1, 0.15) is 29.9 Å². The molecule has 2 N–H and O–H groups in total. The Hall–Kier alpha value is -2.21. The number of nitrogens with zero attached hydrogens (tertiary/aromatic N) is 3. The van der Waals surface area contributed by atoms with Crippen LogP contribution in [0.3, 0.4) is 0 Å². The molecule has 0 aliphatic rings. The Morgan fingerprint density at radius 1 is 1.43 bits per heavy atom. The first-order valence-corrected chi connectivity index (χ1v) is 10.5. The van der Waals surface area contributed by atoms with Gasteiger partial charge in [-0.05, 0) is 35.0 Å². The number of rotatable bonds is 8. The molecule has 3 aromatic rings. The van der Waals surface area contributed by atoms with Gasteiger partial charge in [0.2, 0.25) is 0 Å². The second kappa shape index (κ2) is 9.29. The highest BCUT2D eigenvalue weighted by atomic mass is 79.9. The summed E-state index contributed by atoms with van der Waals surface area (Å²) >= 11 is 4.69. The minimum absolute atomic E-state index is 0.0834. The van der Waals surface area contributed by atoms with Crippen molar-refractivity contribution < 1.29 is 23.4 Å². The summed E-state index contributed by atoms with van der Waals surface area (Å²) in [6.07, 6.45) is 2.69. The smallest absolute Gasteiger partial charge is 0.339 e. The highest BCUT2D eigenvalue weighted by Crippen LogP contribution is 2.32. The van der Waals surface area contributed by atoms with Gasteiger partial charge in [-0.3, -0.25) is 0 Å². The second-order valence-corrected chi connectivity index (χ2v) is 9.14. The zero-order valence-electron chi connectivity index (χ0n) is 16.1. The van der Waals surface area contributed by atoms with Crippen LogP contribution in [0.5, 0.6) is 0 Å². The Balaban J connectivity index is 1.89. The number of aliphatic hydroxyl groups is 1. The highest BCUT2D eigenvalue weighted by molar-refractivity contribution is 9.11. The molecular formula is C19H19BrF2N4O3S. The molecule has 2 heterocycles. The number of ether oxygens (including phenoxy) is 1. The minimum atomic E-state index is -1.79. The second-order valence-electron chi connectivity index (χ2n) is 6.62. The van der Waals surface area contributed by atoms with Crippen LogP contribution in [0.2, 0.25) is 0 Å². The van der Waals surface area contributed by atoms with E-state index in [1.165, 1.54) is 41.8 Å². The third-order valence-electron chi connectivity index (χ3n) is 4.74. The molecule has 11 heteroatoms. The lowest BCUT2D eigenvalue weighted by Crippen LogP contribution is -2.49. The predicted octanol–water partition coefficient (Wildman–Crippen LogP) is 3.23. The molecule has 0 amide bonds. The Morgan fingerprint density at radius 2 is 2.20 bits per heavy atom. The standard InChI is InChI=1S/C19H19BrF2N4O3S/c1-11(24-7-16-13(18(27)29-2)6-17(20)30-16)19(28,8-26-10-23-9-25-26)14-4-3-12(21)5-15(14)22/h3-6,9-11,24,28H,7-8H2,1-2H3/t11-,19-/m1/s1. The maximum Gasteiger partial charge on any atom is 0.339 e. The molecule has 3 rings (SSSR count). The molecule has 0 aliphatic carbocycles. The first-order valence-electron chi connectivity index (χ1n) is 8.85. The van der Waals surface area contributed by atoms with Crippen LogP contribution in [0.4, 0.5) is 8.78 Å². The number of hydrogen-bond acceptors (Lipinski definition) is 7. The van der Waals surface area contributed by atoms with Crippen molar-refractivity contribution >= 4 is 33.2 Å². The first-order chi connectivity index (χ1) is 14.2. The van der Waals surface area contributed by atoms with E-state index in [0.29, 0.717) is 10.4 Å². The number of esters is 1. The summed E-state index contributed by atoms with van der Waals surface area (Å²) in [5.41, 5.74) is -1.48. The molecule has 2 atom stereocenters. The summed E-state index contributed by atoms with van der Waals surface area (Å²) in [6.45, 7) is 1.76. The van der Waals surface area contributed by atoms with Gasteiger partial charge in [0.05, 0.1) is 23.0 Å². The van der Waals surface area contributed by atoms with E-state index >= 15 is 0 Å². The SMILES string of the molecule is COC(=O)c1cc(Br)sc1CN[C@H](C)[C@](O)(Cn1cncn1)c1ccc(F)cc1F. The lowest BCUT2D eigenvalue weighted by atomic mass is 9.86. The van der Waals surface area contributed by atoms with Crippen molar-refractivity contribution in [1.29, 1.82) is 0 Å². The summed E-state index contributed by atoms with van der Waals surface area (Å²) in [5.74, 6) is -2.10. The third kappa shape index (κ3) is 4.75. The van der Waals surface area contributed by atoms with Gasteiger partial charge in [0.25, 0.3) is 0 Å². The van der Waals surface area contributed by atoms with Gasteiger partial charge in [-0.2, -0.15) is 5.10 Å². The predicted molar refractivity (Wildman–Crippen MR) is 110 cm³/mol. The average Bonchev–Trinajstić information content (AvgIpc) is 3.34. The van der Waals surface area contributed by atoms with Crippen LogP contribution >= 0.6 is 27.3 Å². The summed E-state index contributed by atoms with van der Waals surface area (Å²) < 4.78 is 34.9. The van der Waals surface area contributed by atoms with Gasteiger partial charge in [-0.1, -0.05) is 6.07 Å². The Labute approximate surface area is 183 Å². The monoisotopic (exact) mass is 500 g/mol. The molecule has 0 unspecified atom stereocenters. The van der Waals surface area contributed by atoms with E-state index in [1.54, 1.807) is 13.0 Å². The Morgan fingerprint density at radius 3 is 2.83 bits per heavy atom. The normalized spacial score (nSPS) is 14.3. The van der Waals surface area contributed by atoms with Crippen LogP contribution in [-0.4, -0.2) is 39.0 Å². The van der Waals surface area contributed by atoms with E-state index in [2.05, 4.69) is 31.3 Å². The number of methoxy groups -OCH3 is 1. The summed E-state index contributed by atoms with van der Waals surface area (Å²) in [7, 11) is 1.29. The molecule has 2 aromatic heterocycles. The minimum Gasteiger partial charge on any atom is -0.465 e. The van der Waals surface area contributed by atoms with E-state index in [0.717, 1.165) is 15.9 Å². The van der Waals surface area contributed by atoms with Crippen molar-refractivity contribution in [2.45, 2.75) is 31.7 Å². The van der Waals surface area contributed by atoms with Crippen molar-refractivity contribution in [2.24, 2.45) is 0 Å². The van der Waals surface area contributed by atoms with Gasteiger partial charge in [-0.15, -0.1) is 11.3 Å². The number of benzene rings is 1. The molecule has 7 nitrogen and oxygen atoms in total. The molecule has 1 aromatic carbocycles. The largest absolute Gasteiger partial charge is 0.465 e. The molecule has 0 bridgehead atoms. The topological polar surface area (TPSA) is 89.3 Å². The van der Waals surface area contributed by atoms with E-state index in [1.807, 2.05) is 0 Å². The number of hydrogen-bond donors (Lipinski definition) is 2. The van der Waals surface area contributed by atoms with Crippen molar-refractivity contribution in [2.75, 3.05) is 7.11 Å². The Bertz CT molecular complexity index is 1030. The average molecular weight is 501 g/mol. The van der Waals surface area contributed by atoms with E-state index < -0.39 is 29.2 Å². The summed E-state index contributed by atoms with van der Waals surface area (Å²) in [4.78, 5) is 16.5. The molecule has 0 aliphatic heterocycles. The Kier molecular flexibility index (Phi) is 6.96. The van der Waals surface area contributed by atoms with Crippen LogP contribution in [0.1, 0.15) is 27.7 Å². The molecule has 0 spiro atoms. The number of carbonyl (C=O) groups is 1. The van der Waals surface area contributed by atoms with Crippen LogP contribution in [0, 0.1) is 11.6 Å². The van der Waals surface area contributed by atoms with Crippen LogP contribution in [-0.2, 0) is 23.4 Å². The van der Waals surface area contributed by atoms with Crippen LogP contribution in [0.15, 0.2) is 40.7 Å². The maximum absolute atomic E-state index is 14.6. The van der Waals surface area contributed by atoms with Gasteiger partial charge in [0.15, 0.2) is 0 Å². The van der Waals surface area contributed by atoms with Gasteiger partial charge in [-0.25, -0.2) is 23.2 Å². The summed E-state index contributed by atoms with van der Waals surface area (Å²) in [6, 6.07) is 3.96. The molecule has 0 fully saturated rings. The van der Waals surface area contributed by atoms with Gasteiger partial charge in [0, 0.05) is 29.1 Å². The molecular weight excluding hydrogens is 482 g/mol. The lowest BCUT2D eigenvalue weighted by Gasteiger charge is -2.35. The fraction of sp³-hybridized carbons (Fsp3) is 0.316. The fourth-order valence-electron chi connectivity index (χ4n) is 3.08.